The molecule has 0 spiro atoms. The number of carbonyl (C=O) groups is 4. The number of hydrogen-bond acceptors (Lipinski definition) is 6. The Balaban J connectivity index is -0.000000120. The van der Waals surface area contributed by atoms with Crippen LogP contribution in [-0.4, -0.2) is 93.4 Å². The Kier molecular flexibility index (Phi) is 26.8. The number of carboxylic acids is 4. The molecular formula is C10H19K2N2NaO8. The van der Waals surface area contributed by atoms with E-state index in [-0.39, 0.29) is 150 Å². The zero-order valence-electron chi connectivity index (χ0n) is 16.6. The van der Waals surface area contributed by atoms with Gasteiger partial charge in [-0.25, -0.2) is 0 Å². The van der Waals surface area contributed by atoms with Crippen LogP contribution in [0.2, 0.25) is 0 Å². The van der Waals surface area contributed by atoms with Gasteiger partial charge in [-0.15, -0.1) is 0 Å². The zero-order valence-corrected chi connectivity index (χ0v) is 21.8. The summed E-state index contributed by atoms with van der Waals surface area (Å²) in [5.41, 5.74) is 0. The Morgan fingerprint density at radius 3 is 0.913 bits per heavy atom. The fraction of sp³-hybridized carbons (Fsp3) is 0.600. The monoisotopic (exact) mass is 396 g/mol. The Morgan fingerprint density at radius 2 is 0.783 bits per heavy atom. The number of carboxylic acid groups (broad SMARTS) is 4. The Labute approximate surface area is 244 Å². The third-order valence-electron chi connectivity index (χ3n) is 2.17. The van der Waals surface area contributed by atoms with Gasteiger partial charge in [-0.3, -0.25) is 29.0 Å². The summed E-state index contributed by atoms with van der Waals surface area (Å²) in [5, 5.41) is 34.5. The maximum atomic E-state index is 10.6. The minimum atomic E-state index is -1.23. The number of nitrogens with zero attached hydrogens (tertiary/aromatic N) is 2. The maximum absolute atomic E-state index is 10.6. The zero-order chi connectivity index (χ0) is 15.7. The molecule has 0 heterocycles. The second-order valence-electron chi connectivity index (χ2n) is 4.00. The average molecular weight is 396 g/mol. The molecule has 0 atom stereocenters. The number of rotatable bonds is 11. The van der Waals surface area contributed by atoms with Gasteiger partial charge in [0.05, 0.1) is 26.2 Å². The minimum absolute atomic E-state index is 0. The molecule has 0 bridgehead atoms. The van der Waals surface area contributed by atoms with Crippen molar-refractivity contribution in [3.8, 4) is 0 Å². The SMILES string of the molecule is O=C(O)CN(CCN(CC(=O)O)CC(=O)O)CC(=O)O.[H-].[H-].[H-].[K+].[K+].[Na+]. The molecular weight excluding hydrogens is 377 g/mol. The van der Waals surface area contributed by atoms with E-state index in [4.69, 9.17) is 20.4 Å². The predicted octanol–water partition coefficient (Wildman–Crippen LogP) is -10.7. The molecule has 23 heavy (non-hydrogen) atoms. The van der Waals surface area contributed by atoms with Crippen molar-refractivity contribution in [2.24, 2.45) is 0 Å². The Morgan fingerprint density at radius 1 is 0.609 bits per heavy atom. The molecule has 0 rings (SSSR count). The molecule has 13 heteroatoms. The van der Waals surface area contributed by atoms with E-state index in [1.807, 2.05) is 0 Å². The van der Waals surface area contributed by atoms with Gasteiger partial charge in [0.2, 0.25) is 0 Å². The molecule has 0 aromatic carbocycles. The molecule has 0 aromatic heterocycles. The fourth-order valence-electron chi connectivity index (χ4n) is 1.48. The van der Waals surface area contributed by atoms with Crippen LogP contribution in [0.15, 0.2) is 0 Å². The summed E-state index contributed by atoms with van der Waals surface area (Å²) in [4.78, 5) is 44.4. The van der Waals surface area contributed by atoms with Gasteiger partial charge in [-0.1, -0.05) is 0 Å². The fourth-order valence-corrected chi connectivity index (χ4v) is 1.48. The van der Waals surface area contributed by atoms with Gasteiger partial charge in [-0.2, -0.15) is 0 Å². The van der Waals surface area contributed by atoms with Gasteiger partial charge in [-0.05, 0) is 0 Å². The molecule has 0 aromatic rings. The van der Waals surface area contributed by atoms with Crippen LogP contribution in [0.4, 0.5) is 0 Å². The van der Waals surface area contributed by atoms with E-state index in [2.05, 4.69) is 0 Å². The molecule has 0 unspecified atom stereocenters. The van der Waals surface area contributed by atoms with Crippen molar-refractivity contribution in [3.63, 3.8) is 0 Å². The van der Waals surface area contributed by atoms with Crippen LogP contribution >= 0.6 is 0 Å². The van der Waals surface area contributed by atoms with Crippen molar-refractivity contribution < 1.29 is 176 Å². The van der Waals surface area contributed by atoms with Crippen molar-refractivity contribution in [2.45, 2.75) is 0 Å². The van der Waals surface area contributed by atoms with E-state index in [0.29, 0.717) is 0 Å². The van der Waals surface area contributed by atoms with E-state index < -0.39 is 50.1 Å². The summed E-state index contributed by atoms with van der Waals surface area (Å²) in [7, 11) is 0. The first-order valence-corrected chi connectivity index (χ1v) is 5.52. The molecule has 0 amide bonds. The number of hydrogen-bond donors (Lipinski definition) is 4. The van der Waals surface area contributed by atoms with E-state index >= 15 is 0 Å². The second-order valence-corrected chi connectivity index (χ2v) is 4.00. The number of aliphatic carboxylic acids is 4. The smallest absolute Gasteiger partial charge is 1.00 e. The van der Waals surface area contributed by atoms with Gasteiger partial charge in [0.25, 0.3) is 0 Å². The van der Waals surface area contributed by atoms with E-state index in [1.54, 1.807) is 0 Å². The van der Waals surface area contributed by atoms with E-state index in [0.717, 1.165) is 9.80 Å². The van der Waals surface area contributed by atoms with Crippen molar-refractivity contribution in [1.82, 2.24) is 9.80 Å². The molecule has 0 aliphatic rings. The summed E-state index contributed by atoms with van der Waals surface area (Å²) in [6.07, 6.45) is 0. The second kappa shape index (κ2) is 18.9. The van der Waals surface area contributed by atoms with Crippen LogP contribution < -0.4 is 132 Å². The van der Waals surface area contributed by atoms with Crippen LogP contribution in [0.1, 0.15) is 4.28 Å². The largest absolute Gasteiger partial charge is 1.00 e. The molecule has 120 valence electrons. The van der Waals surface area contributed by atoms with Crippen molar-refractivity contribution in [1.29, 1.82) is 0 Å². The molecule has 0 fully saturated rings. The average Bonchev–Trinajstić information content (AvgIpc) is 2.22. The molecule has 0 radical (unpaired) electrons. The molecule has 0 saturated carbocycles. The maximum Gasteiger partial charge on any atom is 1.00 e. The normalized spacial score (nSPS) is 9.30. The van der Waals surface area contributed by atoms with Gasteiger partial charge in [0, 0.05) is 13.1 Å². The first kappa shape index (κ1) is 32.7. The van der Waals surface area contributed by atoms with Gasteiger partial charge < -0.3 is 24.7 Å². The topological polar surface area (TPSA) is 156 Å². The van der Waals surface area contributed by atoms with Crippen molar-refractivity contribution in [3.05, 3.63) is 0 Å². The quantitative estimate of drug-likeness (QED) is 0.247. The van der Waals surface area contributed by atoms with Crippen LogP contribution in [-0.2, 0) is 19.2 Å². The van der Waals surface area contributed by atoms with E-state index in [1.165, 1.54) is 0 Å². The third-order valence-corrected chi connectivity index (χ3v) is 2.17. The summed E-state index contributed by atoms with van der Waals surface area (Å²) >= 11 is 0. The first-order valence-electron chi connectivity index (χ1n) is 5.52. The van der Waals surface area contributed by atoms with E-state index in [9.17, 15) is 19.2 Å². The minimum Gasteiger partial charge on any atom is -1.00 e. The molecule has 10 nitrogen and oxygen atoms in total. The Hall–Kier alpha value is 2.07. The molecule has 0 aliphatic carbocycles. The third kappa shape index (κ3) is 22.0. The van der Waals surface area contributed by atoms with Crippen molar-refractivity contribution >= 4 is 23.9 Å². The van der Waals surface area contributed by atoms with Crippen LogP contribution in [0.25, 0.3) is 0 Å². The molecule has 0 saturated heterocycles. The van der Waals surface area contributed by atoms with Gasteiger partial charge >= 0.3 is 156 Å². The predicted molar refractivity (Wildman–Crippen MR) is 66.8 cm³/mol. The summed E-state index contributed by atoms with van der Waals surface area (Å²) in [6, 6.07) is 0. The van der Waals surface area contributed by atoms with Crippen molar-refractivity contribution in [2.75, 3.05) is 39.3 Å². The van der Waals surface area contributed by atoms with Crippen LogP contribution in [0.3, 0.4) is 0 Å². The molecule has 0 aliphatic heterocycles. The standard InChI is InChI=1S/C10H16N2O8.2K.Na.3H/c13-7(14)3-11(4-8(15)16)1-2-12(5-9(17)18)6-10(19)20;;;;;;/h1-6H2,(H,13,14)(H,15,16)(H,17,18)(H,19,20);;;;;;/q;3*+1;3*-1. The summed E-state index contributed by atoms with van der Waals surface area (Å²) in [6.45, 7) is -2.25. The Bertz CT molecular complexity index is 344. The van der Waals surface area contributed by atoms with Gasteiger partial charge in [0.15, 0.2) is 0 Å². The first-order chi connectivity index (χ1) is 9.20. The molecule has 4 N–H and O–H groups in total. The van der Waals surface area contributed by atoms with Crippen LogP contribution in [0.5, 0.6) is 0 Å². The van der Waals surface area contributed by atoms with Gasteiger partial charge in [0.1, 0.15) is 0 Å². The summed E-state index contributed by atoms with van der Waals surface area (Å²) in [5.74, 6) is -4.91. The summed E-state index contributed by atoms with van der Waals surface area (Å²) < 4.78 is 0. The van der Waals surface area contributed by atoms with Crippen LogP contribution in [0, 0.1) is 0 Å².